The number of hydrazone groups is 1. The highest BCUT2D eigenvalue weighted by atomic mass is 16.6. The number of amides is 1. The molecule has 0 radical (unpaired) electrons. The third-order valence-corrected chi connectivity index (χ3v) is 4.17. The molecule has 0 atom stereocenters. The Morgan fingerprint density at radius 2 is 1.96 bits per heavy atom. The average Bonchev–Trinajstić information content (AvgIpc) is 2.63. The van der Waals surface area contributed by atoms with E-state index in [4.69, 9.17) is 0 Å². The predicted molar refractivity (Wildman–Crippen MR) is 105 cm³/mol. The lowest BCUT2D eigenvalue weighted by atomic mass is 10.1. The van der Waals surface area contributed by atoms with Gasteiger partial charge in [-0.3, -0.25) is 14.9 Å². The second-order valence-electron chi connectivity index (χ2n) is 5.87. The van der Waals surface area contributed by atoms with E-state index < -0.39 is 10.8 Å². The highest BCUT2D eigenvalue weighted by Gasteiger charge is 2.13. The molecule has 142 valence electrons. The van der Waals surface area contributed by atoms with Crippen molar-refractivity contribution in [2.45, 2.75) is 20.8 Å². The van der Waals surface area contributed by atoms with Crippen LogP contribution >= 0.6 is 0 Å². The summed E-state index contributed by atoms with van der Waals surface area (Å²) in [6.07, 6.45) is 1.34. The molecule has 0 fully saturated rings. The van der Waals surface area contributed by atoms with E-state index in [9.17, 15) is 20.0 Å². The van der Waals surface area contributed by atoms with Crippen LogP contribution in [0.15, 0.2) is 41.5 Å². The second-order valence-corrected chi connectivity index (χ2v) is 5.87. The van der Waals surface area contributed by atoms with E-state index in [-0.39, 0.29) is 17.0 Å². The molecule has 1 amide bonds. The van der Waals surface area contributed by atoms with Crippen LogP contribution in [0.25, 0.3) is 0 Å². The number of hydrogen-bond acceptors (Lipinski definition) is 6. The van der Waals surface area contributed by atoms with Crippen molar-refractivity contribution >= 4 is 23.5 Å². The molecular formula is C19H22N4O4. The Morgan fingerprint density at radius 1 is 1.26 bits per heavy atom. The molecule has 0 spiro atoms. The van der Waals surface area contributed by atoms with Gasteiger partial charge in [-0.25, -0.2) is 5.43 Å². The van der Waals surface area contributed by atoms with Gasteiger partial charge in [0.2, 0.25) is 0 Å². The molecule has 0 saturated carbocycles. The predicted octanol–water partition coefficient (Wildman–Crippen LogP) is 3.22. The van der Waals surface area contributed by atoms with Gasteiger partial charge in [-0.2, -0.15) is 5.10 Å². The number of benzene rings is 2. The molecule has 0 saturated heterocycles. The van der Waals surface area contributed by atoms with Crippen molar-refractivity contribution in [3.8, 4) is 5.75 Å². The van der Waals surface area contributed by atoms with Gasteiger partial charge in [-0.05, 0) is 45.0 Å². The van der Waals surface area contributed by atoms with Gasteiger partial charge in [0.25, 0.3) is 11.6 Å². The van der Waals surface area contributed by atoms with Crippen molar-refractivity contribution in [1.29, 1.82) is 0 Å². The fourth-order valence-electron chi connectivity index (χ4n) is 2.65. The van der Waals surface area contributed by atoms with Crippen molar-refractivity contribution in [3.63, 3.8) is 0 Å². The third-order valence-electron chi connectivity index (χ3n) is 4.17. The number of carbonyl (C=O) groups is 1. The molecule has 2 N–H and O–H groups in total. The van der Waals surface area contributed by atoms with Crippen LogP contribution in [0.3, 0.4) is 0 Å². The maximum Gasteiger partial charge on any atom is 0.272 e. The Kier molecular flexibility index (Phi) is 6.48. The first-order valence-corrected chi connectivity index (χ1v) is 8.53. The molecule has 0 aliphatic heterocycles. The standard InChI is InChI=1S/C19H22N4O4/c1-4-22(5-2)16-8-6-15(18(24)11-16)12-20-21-19(25)14-7-9-17(23(26)27)13(3)10-14/h6-12,24H,4-5H2,1-3H3,(H,21,25)/b20-12+. The lowest BCUT2D eigenvalue weighted by molar-refractivity contribution is -0.385. The van der Waals surface area contributed by atoms with E-state index in [2.05, 4.69) is 15.4 Å². The van der Waals surface area contributed by atoms with E-state index in [0.717, 1.165) is 18.8 Å². The summed E-state index contributed by atoms with van der Waals surface area (Å²) >= 11 is 0. The Labute approximate surface area is 157 Å². The minimum absolute atomic E-state index is 0.0479. The molecular weight excluding hydrogens is 348 g/mol. The van der Waals surface area contributed by atoms with E-state index in [1.54, 1.807) is 19.1 Å². The quantitative estimate of drug-likeness (QED) is 0.442. The molecule has 0 heterocycles. The molecule has 0 aromatic heterocycles. The van der Waals surface area contributed by atoms with Crippen LogP contribution in [0.4, 0.5) is 11.4 Å². The third kappa shape index (κ3) is 4.81. The summed E-state index contributed by atoms with van der Waals surface area (Å²) < 4.78 is 0. The number of nitro groups is 1. The van der Waals surface area contributed by atoms with Gasteiger partial charge in [0.15, 0.2) is 0 Å². The van der Waals surface area contributed by atoms with Crippen molar-refractivity contribution in [2.75, 3.05) is 18.0 Å². The topological polar surface area (TPSA) is 108 Å². The SMILES string of the molecule is CCN(CC)c1ccc(/C=N/NC(=O)c2ccc([N+](=O)[O-])c(C)c2)c(O)c1. The summed E-state index contributed by atoms with van der Waals surface area (Å²) in [5.74, 6) is -0.438. The van der Waals surface area contributed by atoms with Crippen LogP contribution in [-0.4, -0.2) is 35.2 Å². The molecule has 27 heavy (non-hydrogen) atoms. The highest BCUT2D eigenvalue weighted by molar-refractivity contribution is 5.95. The van der Waals surface area contributed by atoms with Gasteiger partial charge >= 0.3 is 0 Å². The van der Waals surface area contributed by atoms with Crippen LogP contribution in [0, 0.1) is 17.0 Å². The number of phenolic OH excluding ortho intramolecular Hbond substituents is 1. The molecule has 0 unspecified atom stereocenters. The smallest absolute Gasteiger partial charge is 0.272 e. The van der Waals surface area contributed by atoms with Gasteiger partial charge in [0, 0.05) is 47.6 Å². The fraction of sp³-hybridized carbons (Fsp3) is 0.263. The number of nitro benzene ring substituents is 1. The highest BCUT2D eigenvalue weighted by Crippen LogP contribution is 2.23. The normalized spacial score (nSPS) is 10.8. The monoisotopic (exact) mass is 370 g/mol. The number of anilines is 1. The lowest BCUT2D eigenvalue weighted by Gasteiger charge is -2.21. The zero-order chi connectivity index (χ0) is 20.0. The first kappa shape index (κ1) is 19.9. The Morgan fingerprint density at radius 3 is 2.52 bits per heavy atom. The summed E-state index contributed by atoms with van der Waals surface area (Å²) in [7, 11) is 0. The van der Waals surface area contributed by atoms with E-state index in [0.29, 0.717) is 11.1 Å². The van der Waals surface area contributed by atoms with Crippen LogP contribution in [0.2, 0.25) is 0 Å². The number of hydrogen-bond donors (Lipinski definition) is 2. The first-order chi connectivity index (χ1) is 12.9. The van der Waals surface area contributed by atoms with Crippen LogP contribution < -0.4 is 10.3 Å². The van der Waals surface area contributed by atoms with E-state index in [1.165, 1.54) is 24.4 Å². The van der Waals surface area contributed by atoms with Crippen molar-refractivity contribution in [3.05, 3.63) is 63.2 Å². The average molecular weight is 370 g/mol. The summed E-state index contributed by atoms with van der Waals surface area (Å²) in [5.41, 5.74) is 4.32. The van der Waals surface area contributed by atoms with Gasteiger partial charge < -0.3 is 10.0 Å². The Hall–Kier alpha value is -3.42. The molecule has 0 aliphatic rings. The maximum absolute atomic E-state index is 12.1. The number of nitrogens with one attached hydrogen (secondary N) is 1. The fourth-order valence-corrected chi connectivity index (χ4v) is 2.65. The Balaban J connectivity index is 2.08. The largest absolute Gasteiger partial charge is 0.507 e. The zero-order valence-corrected chi connectivity index (χ0v) is 15.5. The minimum Gasteiger partial charge on any atom is -0.507 e. The Bertz CT molecular complexity index is 876. The number of phenols is 1. The van der Waals surface area contributed by atoms with Gasteiger partial charge in [0.1, 0.15) is 5.75 Å². The zero-order valence-electron chi connectivity index (χ0n) is 15.5. The number of nitrogens with zero attached hydrogens (tertiary/aromatic N) is 3. The summed E-state index contributed by atoms with van der Waals surface area (Å²) in [4.78, 5) is 24.5. The van der Waals surface area contributed by atoms with Crippen LogP contribution in [0.1, 0.15) is 35.3 Å². The number of aromatic hydroxyl groups is 1. The molecule has 8 heteroatoms. The number of carbonyl (C=O) groups excluding carboxylic acids is 1. The first-order valence-electron chi connectivity index (χ1n) is 8.53. The van der Waals surface area contributed by atoms with E-state index >= 15 is 0 Å². The van der Waals surface area contributed by atoms with Crippen LogP contribution in [-0.2, 0) is 0 Å². The lowest BCUT2D eigenvalue weighted by Crippen LogP contribution is -2.21. The molecule has 0 bridgehead atoms. The number of rotatable bonds is 7. The van der Waals surface area contributed by atoms with Crippen molar-refractivity contribution in [2.24, 2.45) is 5.10 Å². The van der Waals surface area contributed by atoms with Gasteiger partial charge in [-0.15, -0.1) is 0 Å². The van der Waals surface area contributed by atoms with Gasteiger partial charge in [0.05, 0.1) is 11.1 Å². The van der Waals surface area contributed by atoms with Crippen LogP contribution in [0.5, 0.6) is 5.75 Å². The molecule has 2 rings (SSSR count). The summed E-state index contributed by atoms with van der Waals surface area (Å²) in [5, 5.41) is 24.8. The molecule has 0 aliphatic carbocycles. The maximum atomic E-state index is 12.1. The van der Waals surface area contributed by atoms with E-state index in [1.807, 2.05) is 19.9 Å². The molecule has 2 aromatic rings. The summed E-state index contributed by atoms with van der Waals surface area (Å²) in [6.45, 7) is 7.28. The van der Waals surface area contributed by atoms with Gasteiger partial charge in [-0.1, -0.05) is 0 Å². The molecule has 2 aromatic carbocycles. The number of aryl methyl sites for hydroxylation is 1. The minimum atomic E-state index is -0.500. The molecule has 8 nitrogen and oxygen atoms in total. The van der Waals surface area contributed by atoms with Crippen molar-refractivity contribution < 1.29 is 14.8 Å². The summed E-state index contributed by atoms with van der Waals surface area (Å²) in [6, 6.07) is 9.32. The van der Waals surface area contributed by atoms with Crippen molar-refractivity contribution in [1.82, 2.24) is 5.43 Å². The second kappa shape index (κ2) is 8.79.